The minimum absolute atomic E-state index is 0.103. The summed E-state index contributed by atoms with van der Waals surface area (Å²) in [5, 5.41) is 22.3. The summed E-state index contributed by atoms with van der Waals surface area (Å²) < 4.78 is 11.1. The van der Waals surface area contributed by atoms with Crippen molar-refractivity contribution in [1.29, 1.82) is 0 Å². The predicted octanol–water partition coefficient (Wildman–Crippen LogP) is 6.05. The van der Waals surface area contributed by atoms with Crippen LogP contribution in [0.3, 0.4) is 0 Å². The molecule has 6 rings (SSSR count). The summed E-state index contributed by atoms with van der Waals surface area (Å²) in [6.45, 7) is -0.925. The van der Waals surface area contributed by atoms with Crippen molar-refractivity contribution in [3.8, 4) is 0 Å². The quantitative estimate of drug-likeness (QED) is 0.0446. The summed E-state index contributed by atoms with van der Waals surface area (Å²) in [7, 11) is 0. The van der Waals surface area contributed by atoms with Gasteiger partial charge < -0.3 is 9.47 Å². The average Bonchev–Trinajstić information content (AvgIpc) is 3.43. The maximum absolute atomic E-state index is 13.5. The van der Waals surface area contributed by atoms with Gasteiger partial charge in [-0.25, -0.2) is 4.79 Å². The number of non-ortho nitro benzene ring substituents is 2. The van der Waals surface area contributed by atoms with Gasteiger partial charge in [-0.15, -0.1) is 0 Å². The molecule has 0 saturated carbocycles. The van der Waals surface area contributed by atoms with E-state index >= 15 is 0 Å². The van der Waals surface area contributed by atoms with Crippen LogP contribution in [0.5, 0.6) is 0 Å². The molecule has 0 bridgehead atoms. The Balaban J connectivity index is 1.21. The fourth-order valence-corrected chi connectivity index (χ4v) is 5.63. The molecule has 268 valence electrons. The molecule has 0 aliphatic carbocycles. The van der Waals surface area contributed by atoms with E-state index in [9.17, 15) is 49.0 Å². The van der Waals surface area contributed by atoms with Crippen molar-refractivity contribution >= 4 is 46.7 Å². The second-order valence-corrected chi connectivity index (χ2v) is 11.8. The minimum Gasteiger partial charge on any atom is -0.448 e. The van der Waals surface area contributed by atoms with Crippen molar-refractivity contribution in [2.45, 2.75) is 12.2 Å². The first-order chi connectivity index (χ1) is 25.9. The van der Waals surface area contributed by atoms with E-state index in [2.05, 4.69) is 0 Å². The molecule has 0 fully saturated rings. The second kappa shape index (κ2) is 15.3. The van der Waals surface area contributed by atoms with Crippen LogP contribution in [0, 0.1) is 20.2 Å². The van der Waals surface area contributed by atoms with E-state index in [1.807, 2.05) is 0 Å². The molecule has 1 heterocycles. The maximum atomic E-state index is 13.5. The van der Waals surface area contributed by atoms with Crippen LogP contribution in [-0.4, -0.2) is 56.6 Å². The van der Waals surface area contributed by atoms with Gasteiger partial charge >= 0.3 is 11.9 Å². The number of benzene rings is 5. The highest BCUT2D eigenvalue weighted by atomic mass is 16.6. The van der Waals surface area contributed by atoms with Crippen LogP contribution in [-0.2, 0) is 14.3 Å². The molecule has 5 aromatic carbocycles. The molecule has 5 aromatic rings. The third kappa shape index (κ3) is 7.50. The van der Waals surface area contributed by atoms with Gasteiger partial charge in [-0.1, -0.05) is 60.7 Å². The van der Waals surface area contributed by atoms with E-state index in [1.54, 1.807) is 36.4 Å². The van der Waals surface area contributed by atoms with Crippen molar-refractivity contribution in [3.05, 3.63) is 187 Å². The smallest absolute Gasteiger partial charge is 0.339 e. The minimum atomic E-state index is -1.58. The van der Waals surface area contributed by atoms with Crippen molar-refractivity contribution in [2.24, 2.45) is 0 Å². The number of nitrogens with zero attached hydrogens (tertiary/aromatic N) is 3. The van der Waals surface area contributed by atoms with Crippen LogP contribution in [0.25, 0.3) is 0 Å². The van der Waals surface area contributed by atoms with Crippen LogP contribution in [0.15, 0.2) is 127 Å². The fourth-order valence-electron chi connectivity index (χ4n) is 5.63. The molecule has 1 aliphatic heterocycles. The molecule has 2 atom stereocenters. The Morgan fingerprint density at radius 2 is 1.00 bits per heavy atom. The van der Waals surface area contributed by atoms with Gasteiger partial charge in [0, 0.05) is 46.5 Å². The van der Waals surface area contributed by atoms with Gasteiger partial charge in [0.2, 0.25) is 11.6 Å². The number of hydrogen-bond acceptors (Lipinski definition) is 12. The lowest BCUT2D eigenvalue weighted by Crippen LogP contribution is -2.36. The van der Waals surface area contributed by atoms with E-state index in [4.69, 9.17) is 9.47 Å². The van der Waals surface area contributed by atoms with E-state index < -0.39 is 63.9 Å². The van der Waals surface area contributed by atoms with Crippen LogP contribution < -0.4 is 0 Å². The first kappa shape index (κ1) is 36.1. The van der Waals surface area contributed by atoms with Gasteiger partial charge in [0.05, 0.1) is 26.5 Å². The van der Waals surface area contributed by atoms with Gasteiger partial charge in [0.15, 0.2) is 12.2 Å². The zero-order valence-corrected chi connectivity index (χ0v) is 27.7. The monoisotopic (exact) mass is 727 g/mol. The molecule has 1 aliphatic rings. The summed E-state index contributed by atoms with van der Waals surface area (Å²) in [6, 6.07) is 28.7. The van der Waals surface area contributed by atoms with E-state index in [0.29, 0.717) is 4.90 Å². The van der Waals surface area contributed by atoms with Crippen molar-refractivity contribution in [3.63, 3.8) is 0 Å². The van der Waals surface area contributed by atoms with E-state index in [-0.39, 0.29) is 50.3 Å². The number of ketones is 2. The Hall–Kier alpha value is -7.68. The molecular weight excluding hydrogens is 702 g/mol. The average molecular weight is 728 g/mol. The summed E-state index contributed by atoms with van der Waals surface area (Å²) in [5.41, 5.74) is -0.560. The first-order valence-corrected chi connectivity index (χ1v) is 16.0. The lowest BCUT2D eigenvalue weighted by molar-refractivity contribution is -0.385. The molecule has 15 nitrogen and oxygen atoms in total. The van der Waals surface area contributed by atoms with Crippen molar-refractivity contribution in [1.82, 2.24) is 4.90 Å². The number of nitro benzene ring substituents is 2. The normalized spacial score (nSPS) is 13.0. The number of ether oxygens (including phenoxy) is 2. The number of amides is 2. The molecule has 2 amide bonds. The highest BCUT2D eigenvalue weighted by Crippen LogP contribution is 2.30. The number of Topliss-reactive ketones (excluding diaryl/α,β-unsaturated/α-hetero) is 2. The second-order valence-electron chi connectivity index (χ2n) is 11.8. The third-order valence-corrected chi connectivity index (χ3v) is 8.37. The van der Waals surface area contributed by atoms with Crippen LogP contribution in [0.1, 0.15) is 75.1 Å². The molecule has 15 heteroatoms. The molecule has 0 unspecified atom stereocenters. The van der Waals surface area contributed by atoms with Crippen LogP contribution in [0.4, 0.5) is 11.4 Å². The van der Waals surface area contributed by atoms with Gasteiger partial charge in [-0.05, 0) is 42.5 Å². The Kier molecular flexibility index (Phi) is 10.2. The zero-order valence-electron chi connectivity index (χ0n) is 27.7. The molecule has 0 aromatic heterocycles. The Morgan fingerprint density at radius 3 is 1.46 bits per heavy atom. The Bertz CT molecular complexity index is 2330. The van der Waals surface area contributed by atoms with Crippen molar-refractivity contribution < 1.29 is 48.1 Å². The molecule has 0 spiro atoms. The highest BCUT2D eigenvalue weighted by molar-refractivity contribution is 6.23. The lowest BCUT2D eigenvalue weighted by Gasteiger charge is -2.19. The number of carbonyl (C=O) groups excluding carboxylic acids is 6. The molecular formula is C39H25N3O12. The predicted molar refractivity (Wildman–Crippen MR) is 187 cm³/mol. The lowest BCUT2D eigenvalue weighted by atomic mass is 9.99. The number of imide groups is 1. The third-order valence-electron chi connectivity index (χ3n) is 8.37. The molecule has 54 heavy (non-hydrogen) atoms. The standard InChI is InChI=1S/C39H25N3O12/c43-32(53-35(33(44)23-7-3-1-4-8-23)25-11-16-28(17-12-25)41(49)50)22-40-37(46)30-20-15-27(21-31(30)38(40)47)39(48)54-36(34(45)24-9-5-2-6-10-24)26-13-18-29(19-14-26)42(51)52/h1-21,35-36H,22H2/t35-,36+/m0/s1. The molecule has 0 saturated heterocycles. The van der Waals surface area contributed by atoms with Gasteiger partial charge in [0.1, 0.15) is 6.54 Å². The number of rotatable bonds is 13. The summed E-state index contributed by atoms with van der Waals surface area (Å²) >= 11 is 0. The first-order valence-electron chi connectivity index (χ1n) is 16.0. The van der Waals surface area contributed by atoms with Gasteiger partial charge in [-0.3, -0.25) is 49.1 Å². The number of esters is 2. The van der Waals surface area contributed by atoms with Gasteiger partial charge in [0.25, 0.3) is 23.2 Å². The zero-order chi connectivity index (χ0) is 38.5. The number of hydrogen-bond donors (Lipinski definition) is 0. The Morgan fingerprint density at radius 1 is 0.556 bits per heavy atom. The van der Waals surface area contributed by atoms with Gasteiger partial charge in [-0.2, -0.15) is 0 Å². The van der Waals surface area contributed by atoms with Crippen molar-refractivity contribution in [2.75, 3.05) is 6.54 Å². The largest absolute Gasteiger partial charge is 0.448 e. The number of carbonyl (C=O) groups is 6. The summed E-state index contributed by atoms with van der Waals surface area (Å²) in [4.78, 5) is 102. The number of nitro groups is 2. The maximum Gasteiger partial charge on any atom is 0.339 e. The SMILES string of the molecule is O=C(CN1C(=O)c2ccc(C(=O)O[C@@H](C(=O)c3ccccc3)c3ccc([N+](=O)[O-])cc3)cc2C1=O)O[C@H](C(=O)c1ccccc1)c1ccc([N+](=O)[O-])cc1. The number of fused-ring (bicyclic) bond motifs is 1. The highest BCUT2D eigenvalue weighted by Gasteiger charge is 2.39. The summed E-state index contributed by atoms with van der Waals surface area (Å²) in [5.74, 6) is -5.36. The van der Waals surface area contributed by atoms with Crippen LogP contribution in [0.2, 0.25) is 0 Å². The topological polar surface area (TPSA) is 210 Å². The van der Waals surface area contributed by atoms with E-state index in [0.717, 1.165) is 30.3 Å². The molecule has 0 radical (unpaired) electrons. The van der Waals surface area contributed by atoms with E-state index in [1.165, 1.54) is 60.7 Å². The summed E-state index contributed by atoms with van der Waals surface area (Å²) in [6.07, 6.45) is -3.13. The fraction of sp³-hybridized carbons (Fsp3) is 0.0769. The molecule has 0 N–H and O–H groups in total. The van der Waals surface area contributed by atoms with Crippen LogP contribution >= 0.6 is 0 Å². The Labute approximate surface area is 304 Å².